The van der Waals surface area contributed by atoms with Crippen LogP contribution >= 0.6 is 0 Å². The van der Waals surface area contributed by atoms with Gasteiger partial charge >= 0.3 is 6.03 Å². The summed E-state index contributed by atoms with van der Waals surface area (Å²) in [5.74, 6) is 0.333. The highest BCUT2D eigenvalue weighted by Crippen LogP contribution is 2.70. The number of carbonyl (C=O) groups is 2. The minimum Gasteiger partial charge on any atom is -0.342 e. The Morgan fingerprint density at radius 1 is 1.18 bits per heavy atom. The van der Waals surface area contributed by atoms with Gasteiger partial charge in [-0.3, -0.25) is 4.79 Å². The number of nitrogens with one attached hydrogen (secondary N) is 1. The Morgan fingerprint density at radius 3 is 2.68 bits per heavy atom. The Hall–Kier alpha value is -1.30. The first-order valence-corrected chi connectivity index (χ1v) is 8.68. The number of hydrogen-bond acceptors (Lipinski definition) is 3. The van der Waals surface area contributed by atoms with Crippen LogP contribution in [-0.4, -0.2) is 77.5 Å². The Balaban J connectivity index is 1.25. The van der Waals surface area contributed by atoms with Gasteiger partial charge in [0.15, 0.2) is 0 Å². The number of piperazine rings is 1. The molecule has 3 amide bonds. The number of fused-ring (bicyclic) bond motifs is 1. The zero-order valence-corrected chi connectivity index (χ0v) is 13.0. The summed E-state index contributed by atoms with van der Waals surface area (Å²) in [6.45, 7) is 5.48. The molecule has 6 rings (SSSR count). The van der Waals surface area contributed by atoms with Crippen molar-refractivity contribution in [3.05, 3.63) is 0 Å². The fourth-order valence-electron chi connectivity index (χ4n) is 5.69. The number of nitrogens with zero attached hydrogens (tertiary/aromatic N) is 3. The first kappa shape index (κ1) is 13.2. The maximum absolute atomic E-state index is 12.7. The van der Waals surface area contributed by atoms with Crippen LogP contribution in [-0.2, 0) is 4.79 Å². The third-order valence-corrected chi connectivity index (χ3v) is 6.60. The summed E-state index contributed by atoms with van der Waals surface area (Å²) in [6.07, 6.45) is 5.10. The van der Waals surface area contributed by atoms with Crippen molar-refractivity contribution in [1.82, 2.24) is 20.0 Å². The van der Waals surface area contributed by atoms with Gasteiger partial charge in [0.05, 0.1) is 6.04 Å². The Morgan fingerprint density at radius 2 is 2.00 bits per heavy atom. The molecule has 120 valence electrons. The van der Waals surface area contributed by atoms with E-state index in [1.807, 2.05) is 0 Å². The Kier molecular flexibility index (Phi) is 2.49. The predicted molar refractivity (Wildman–Crippen MR) is 80.3 cm³/mol. The van der Waals surface area contributed by atoms with E-state index in [9.17, 15) is 9.59 Å². The van der Waals surface area contributed by atoms with Gasteiger partial charge in [0.2, 0.25) is 5.91 Å². The first-order valence-electron chi connectivity index (χ1n) is 8.68. The van der Waals surface area contributed by atoms with Crippen LogP contribution in [0.25, 0.3) is 0 Å². The van der Waals surface area contributed by atoms with Crippen LogP contribution in [0.3, 0.4) is 0 Å². The molecule has 6 heteroatoms. The smallest absolute Gasteiger partial charge is 0.320 e. The van der Waals surface area contributed by atoms with Crippen LogP contribution < -0.4 is 5.32 Å². The fourth-order valence-corrected chi connectivity index (χ4v) is 5.69. The van der Waals surface area contributed by atoms with Gasteiger partial charge in [-0.1, -0.05) is 0 Å². The molecule has 6 aliphatic rings. The average Bonchev–Trinajstić information content (AvgIpc) is 2.98. The molecule has 0 unspecified atom stereocenters. The predicted octanol–water partition coefficient (Wildman–Crippen LogP) is 0.241. The van der Waals surface area contributed by atoms with Gasteiger partial charge in [0, 0.05) is 51.2 Å². The van der Waals surface area contributed by atoms with Crippen LogP contribution in [0.2, 0.25) is 0 Å². The second kappa shape index (κ2) is 4.16. The lowest BCUT2D eigenvalue weighted by Crippen LogP contribution is -2.77. The van der Waals surface area contributed by atoms with E-state index in [-0.39, 0.29) is 11.6 Å². The lowest BCUT2D eigenvalue weighted by molar-refractivity contribution is -0.208. The molecule has 0 spiro atoms. The lowest BCUT2D eigenvalue weighted by Gasteiger charge is -2.73. The van der Waals surface area contributed by atoms with Crippen LogP contribution in [0.15, 0.2) is 0 Å². The molecule has 3 aliphatic heterocycles. The molecular formula is C16H24N4O2. The van der Waals surface area contributed by atoms with Gasteiger partial charge in [-0.25, -0.2) is 4.79 Å². The highest BCUT2D eigenvalue weighted by atomic mass is 16.2. The first-order chi connectivity index (χ1) is 10.6. The van der Waals surface area contributed by atoms with Crippen molar-refractivity contribution in [2.24, 2.45) is 5.41 Å². The molecule has 0 aromatic heterocycles. The zero-order valence-electron chi connectivity index (χ0n) is 13.0. The third-order valence-electron chi connectivity index (χ3n) is 6.60. The van der Waals surface area contributed by atoms with E-state index in [1.165, 1.54) is 0 Å². The molecule has 3 aliphatic carbocycles. The number of hydrogen-bond donors (Lipinski definition) is 1. The normalized spacial score (nSPS) is 43.3. The van der Waals surface area contributed by atoms with Crippen LogP contribution in [0, 0.1) is 5.41 Å². The summed E-state index contributed by atoms with van der Waals surface area (Å²) in [7, 11) is 0. The number of likely N-dealkylation sites (tertiary alicyclic amines) is 1. The minimum absolute atomic E-state index is 0.136. The van der Waals surface area contributed by atoms with Crippen LogP contribution in [0.4, 0.5) is 4.79 Å². The molecule has 22 heavy (non-hydrogen) atoms. The zero-order chi connectivity index (χ0) is 14.9. The van der Waals surface area contributed by atoms with E-state index in [4.69, 9.17) is 0 Å². The molecule has 1 N–H and O–H groups in total. The van der Waals surface area contributed by atoms with E-state index in [2.05, 4.69) is 20.0 Å². The molecule has 0 aromatic carbocycles. The van der Waals surface area contributed by atoms with Gasteiger partial charge in [-0.05, 0) is 31.1 Å². The summed E-state index contributed by atoms with van der Waals surface area (Å²) < 4.78 is 0. The standard InChI is InChI=1S/C16H24N4O2/c21-13-2-1-4-18(13)11-15-8-16(9-15,10-15)20-7-12-6-17-3-5-19(12)14(20)22/h12,17H,1-11H2/t12-,15?,16?/m0/s1. The molecule has 3 saturated heterocycles. The Bertz CT molecular complexity index is 528. The largest absolute Gasteiger partial charge is 0.342 e. The molecule has 0 radical (unpaired) electrons. The summed E-state index contributed by atoms with van der Waals surface area (Å²) in [5, 5.41) is 3.39. The molecule has 2 bridgehead atoms. The number of carbonyl (C=O) groups excluding carboxylic acids is 2. The summed E-state index contributed by atoms with van der Waals surface area (Å²) in [5.41, 5.74) is 0.471. The SMILES string of the molecule is O=C1CCCN1CC12CC(N3C[C@@H]4CNCCN4C3=O)(C1)C2. The maximum Gasteiger partial charge on any atom is 0.320 e. The van der Waals surface area contributed by atoms with E-state index < -0.39 is 0 Å². The van der Waals surface area contributed by atoms with Gasteiger partial charge in [-0.15, -0.1) is 0 Å². The van der Waals surface area contributed by atoms with Crippen LogP contribution in [0.5, 0.6) is 0 Å². The van der Waals surface area contributed by atoms with Crippen molar-refractivity contribution < 1.29 is 9.59 Å². The molecule has 1 atom stereocenters. The van der Waals surface area contributed by atoms with Crippen molar-refractivity contribution >= 4 is 11.9 Å². The second-order valence-corrected chi connectivity index (χ2v) is 8.12. The van der Waals surface area contributed by atoms with Gasteiger partial charge in [-0.2, -0.15) is 0 Å². The van der Waals surface area contributed by atoms with Gasteiger partial charge in [0.1, 0.15) is 0 Å². The molecular weight excluding hydrogens is 280 g/mol. The van der Waals surface area contributed by atoms with E-state index in [0.29, 0.717) is 17.4 Å². The van der Waals surface area contributed by atoms with Crippen molar-refractivity contribution in [2.75, 3.05) is 39.3 Å². The topological polar surface area (TPSA) is 55.9 Å². The van der Waals surface area contributed by atoms with E-state index >= 15 is 0 Å². The highest BCUT2D eigenvalue weighted by Gasteiger charge is 2.72. The average molecular weight is 304 g/mol. The quantitative estimate of drug-likeness (QED) is 0.813. The molecule has 6 fully saturated rings. The van der Waals surface area contributed by atoms with Crippen molar-refractivity contribution in [3.8, 4) is 0 Å². The lowest BCUT2D eigenvalue weighted by atomic mass is 9.38. The number of urea groups is 1. The third kappa shape index (κ3) is 1.59. The van der Waals surface area contributed by atoms with E-state index in [0.717, 1.165) is 71.4 Å². The van der Waals surface area contributed by atoms with Gasteiger partial charge < -0.3 is 20.0 Å². The number of rotatable bonds is 3. The molecule has 0 aromatic rings. The maximum atomic E-state index is 12.7. The van der Waals surface area contributed by atoms with Crippen molar-refractivity contribution in [3.63, 3.8) is 0 Å². The second-order valence-electron chi connectivity index (χ2n) is 8.12. The van der Waals surface area contributed by atoms with Crippen molar-refractivity contribution in [2.45, 2.75) is 43.7 Å². The van der Waals surface area contributed by atoms with E-state index in [1.54, 1.807) is 0 Å². The number of amides is 3. The Labute approximate surface area is 130 Å². The van der Waals surface area contributed by atoms with Crippen molar-refractivity contribution in [1.29, 1.82) is 0 Å². The summed E-state index contributed by atoms with van der Waals surface area (Å²) in [4.78, 5) is 30.8. The fraction of sp³-hybridized carbons (Fsp3) is 0.875. The molecule has 6 nitrogen and oxygen atoms in total. The summed E-state index contributed by atoms with van der Waals surface area (Å²) in [6, 6.07) is 0.628. The minimum atomic E-state index is 0.136. The highest BCUT2D eigenvalue weighted by molar-refractivity contribution is 5.80. The molecule has 3 heterocycles. The van der Waals surface area contributed by atoms with Gasteiger partial charge in [0.25, 0.3) is 0 Å². The summed E-state index contributed by atoms with van der Waals surface area (Å²) >= 11 is 0. The molecule has 3 saturated carbocycles. The van der Waals surface area contributed by atoms with Crippen LogP contribution in [0.1, 0.15) is 32.1 Å². The monoisotopic (exact) mass is 304 g/mol.